The van der Waals surface area contributed by atoms with Crippen molar-refractivity contribution in [3.63, 3.8) is 0 Å². The highest BCUT2D eigenvalue weighted by molar-refractivity contribution is 5.79. The van der Waals surface area contributed by atoms with Crippen molar-refractivity contribution < 1.29 is 19.4 Å². The summed E-state index contributed by atoms with van der Waals surface area (Å²) in [6.07, 6.45) is 0.0962. The van der Waals surface area contributed by atoms with Crippen LogP contribution in [0.1, 0.15) is 29.9 Å². The summed E-state index contributed by atoms with van der Waals surface area (Å²) in [4.78, 5) is 26.1. The Morgan fingerprint density at radius 2 is 1.76 bits per heavy atom. The molecule has 0 spiro atoms. The zero-order valence-corrected chi connectivity index (χ0v) is 15.8. The second kappa shape index (κ2) is 9.61. The monoisotopic (exact) mass is 394 g/mol. The van der Waals surface area contributed by atoms with Crippen LogP contribution in [-0.4, -0.2) is 36.9 Å². The number of azide groups is 1. The first-order chi connectivity index (χ1) is 14.1. The third-order valence-corrected chi connectivity index (χ3v) is 5.06. The number of carboxylic acids is 1. The zero-order chi connectivity index (χ0) is 20.6. The number of fused-ring (bicyclic) bond motifs is 3. The van der Waals surface area contributed by atoms with Gasteiger partial charge in [-0.1, -0.05) is 53.6 Å². The van der Waals surface area contributed by atoms with Gasteiger partial charge in [0.1, 0.15) is 6.61 Å². The summed E-state index contributed by atoms with van der Waals surface area (Å²) in [7, 11) is 0. The second-order valence-corrected chi connectivity index (χ2v) is 6.84. The fourth-order valence-corrected chi connectivity index (χ4v) is 3.62. The number of carbonyl (C=O) groups is 2. The van der Waals surface area contributed by atoms with Gasteiger partial charge in [0.05, 0.1) is 5.92 Å². The van der Waals surface area contributed by atoms with Gasteiger partial charge in [-0.3, -0.25) is 4.79 Å². The molecule has 2 N–H and O–H groups in total. The quantitative estimate of drug-likeness (QED) is 0.284. The number of ether oxygens (including phenoxy) is 1. The van der Waals surface area contributed by atoms with Crippen LogP contribution in [0.4, 0.5) is 4.79 Å². The van der Waals surface area contributed by atoms with Gasteiger partial charge in [0.15, 0.2) is 0 Å². The maximum Gasteiger partial charge on any atom is 0.407 e. The number of benzene rings is 2. The highest BCUT2D eigenvalue weighted by Crippen LogP contribution is 2.44. The summed E-state index contributed by atoms with van der Waals surface area (Å²) >= 11 is 0. The lowest BCUT2D eigenvalue weighted by atomic mass is 9.98. The molecule has 1 atom stereocenters. The fourth-order valence-electron chi connectivity index (χ4n) is 3.62. The van der Waals surface area contributed by atoms with Gasteiger partial charge < -0.3 is 15.2 Å². The molecular formula is C21H22N4O4. The van der Waals surface area contributed by atoms with E-state index in [0.29, 0.717) is 12.8 Å². The number of hydrogen-bond donors (Lipinski definition) is 2. The average Bonchev–Trinajstić information content (AvgIpc) is 3.05. The molecule has 150 valence electrons. The molecule has 1 amide bonds. The number of amides is 1. The van der Waals surface area contributed by atoms with Crippen molar-refractivity contribution in [3.8, 4) is 11.1 Å². The molecule has 0 aliphatic heterocycles. The fraction of sp³-hybridized carbons (Fsp3) is 0.333. The van der Waals surface area contributed by atoms with E-state index in [4.69, 9.17) is 10.3 Å². The molecule has 1 aliphatic carbocycles. The average molecular weight is 394 g/mol. The van der Waals surface area contributed by atoms with E-state index in [1.807, 2.05) is 36.4 Å². The molecule has 0 heterocycles. The molecule has 0 fully saturated rings. The molecule has 1 aliphatic rings. The van der Waals surface area contributed by atoms with Crippen LogP contribution in [0.2, 0.25) is 0 Å². The standard InChI is InChI=1S/C21H22N4O4/c22-25-24-11-5-6-14(20(26)27)12-23-21(28)29-13-19-17-9-3-1-7-15(17)16-8-2-4-10-18(16)19/h1-4,7-10,14,19H,5-6,11-13H2,(H,23,28)(H,26,27)/t14-/m0/s1. The molecule has 2 aromatic carbocycles. The van der Waals surface area contributed by atoms with Gasteiger partial charge in [-0.2, -0.15) is 0 Å². The van der Waals surface area contributed by atoms with Crippen molar-refractivity contribution in [3.05, 3.63) is 70.1 Å². The molecule has 3 rings (SSSR count). The summed E-state index contributed by atoms with van der Waals surface area (Å²) in [5, 5.41) is 15.2. The van der Waals surface area contributed by atoms with Crippen molar-refractivity contribution in [2.45, 2.75) is 18.8 Å². The number of aliphatic carboxylic acids is 1. The Hall–Kier alpha value is -3.51. The smallest absolute Gasteiger partial charge is 0.407 e. The molecule has 8 nitrogen and oxygen atoms in total. The van der Waals surface area contributed by atoms with Crippen molar-refractivity contribution >= 4 is 12.1 Å². The van der Waals surface area contributed by atoms with Gasteiger partial charge in [-0.15, -0.1) is 0 Å². The summed E-state index contributed by atoms with van der Waals surface area (Å²) in [5.41, 5.74) is 12.8. The Bertz CT molecular complexity index is 894. The minimum Gasteiger partial charge on any atom is -0.481 e. The van der Waals surface area contributed by atoms with E-state index >= 15 is 0 Å². The number of nitrogens with zero attached hydrogens (tertiary/aromatic N) is 3. The Balaban J connectivity index is 1.55. The van der Waals surface area contributed by atoms with E-state index in [9.17, 15) is 14.7 Å². The van der Waals surface area contributed by atoms with Crippen LogP contribution >= 0.6 is 0 Å². The molecular weight excluding hydrogens is 372 g/mol. The minimum atomic E-state index is -1.01. The van der Waals surface area contributed by atoms with Crippen LogP contribution in [0.15, 0.2) is 53.6 Å². The maximum absolute atomic E-state index is 12.1. The molecule has 0 unspecified atom stereocenters. The van der Waals surface area contributed by atoms with Gasteiger partial charge in [0, 0.05) is 23.9 Å². The predicted molar refractivity (Wildman–Crippen MR) is 107 cm³/mol. The minimum absolute atomic E-state index is 0.0394. The van der Waals surface area contributed by atoms with E-state index < -0.39 is 18.0 Å². The number of hydrogen-bond acceptors (Lipinski definition) is 4. The SMILES string of the molecule is [N-]=[N+]=NCCC[C@@H](CNC(=O)OCC1c2ccccc2-c2ccccc21)C(=O)O. The topological polar surface area (TPSA) is 124 Å². The number of carbonyl (C=O) groups excluding carboxylic acids is 1. The molecule has 0 aromatic heterocycles. The van der Waals surface area contributed by atoms with Gasteiger partial charge in [-0.05, 0) is 40.6 Å². The zero-order valence-electron chi connectivity index (χ0n) is 15.8. The van der Waals surface area contributed by atoms with Crippen LogP contribution in [0, 0.1) is 5.92 Å². The largest absolute Gasteiger partial charge is 0.481 e. The van der Waals surface area contributed by atoms with Gasteiger partial charge in [-0.25, -0.2) is 4.79 Å². The second-order valence-electron chi connectivity index (χ2n) is 6.84. The highest BCUT2D eigenvalue weighted by Gasteiger charge is 2.29. The van der Waals surface area contributed by atoms with Crippen molar-refractivity contribution in [2.24, 2.45) is 11.0 Å². The van der Waals surface area contributed by atoms with E-state index in [-0.39, 0.29) is 25.6 Å². The summed E-state index contributed by atoms with van der Waals surface area (Å²) in [6.45, 7) is 0.363. The number of rotatable bonds is 9. The predicted octanol–water partition coefficient (Wildman–Crippen LogP) is 4.32. The molecule has 0 radical (unpaired) electrons. The molecule has 0 bridgehead atoms. The third-order valence-electron chi connectivity index (χ3n) is 5.06. The first kappa shape index (κ1) is 20.2. The van der Waals surface area contributed by atoms with Crippen LogP contribution in [0.25, 0.3) is 21.6 Å². The Labute approximate surface area is 168 Å². The molecule has 8 heteroatoms. The maximum atomic E-state index is 12.1. The summed E-state index contributed by atoms with van der Waals surface area (Å²) < 4.78 is 5.40. The van der Waals surface area contributed by atoms with Gasteiger partial charge in [0.2, 0.25) is 0 Å². The van der Waals surface area contributed by atoms with E-state index in [2.05, 4.69) is 27.5 Å². The molecule has 29 heavy (non-hydrogen) atoms. The van der Waals surface area contributed by atoms with Crippen LogP contribution in [0.5, 0.6) is 0 Å². The Morgan fingerprint density at radius 1 is 1.14 bits per heavy atom. The number of carboxylic acid groups (broad SMARTS) is 1. The Morgan fingerprint density at radius 3 is 2.34 bits per heavy atom. The van der Waals surface area contributed by atoms with Crippen molar-refractivity contribution in [1.82, 2.24) is 5.32 Å². The third kappa shape index (κ3) is 4.86. The van der Waals surface area contributed by atoms with Crippen LogP contribution < -0.4 is 5.32 Å². The van der Waals surface area contributed by atoms with Crippen molar-refractivity contribution in [2.75, 3.05) is 19.7 Å². The molecule has 2 aromatic rings. The lowest BCUT2D eigenvalue weighted by Gasteiger charge is -2.16. The normalized spacial score (nSPS) is 13.0. The van der Waals surface area contributed by atoms with E-state index in [1.165, 1.54) is 0 Å². The number of nitrogens with one attached hydrogen (secondary N) is 1. The first-order valence-corrected chi connectivity index (χ1v) is 9.44. The van der Waals surface area contributed by atoms with Crippen molar-refractivity contribution in [1.29, 1.82) is 0 Å². The molecule has 0 saturated carbocycles. The van der Waals surface area contributed by atoms with E-state index in [1.54, 1.807) is 0 Å². The van der Waals surface area contributed by atoms with Crippen LogP contribution in [0.3, 0.4) is 0 Å². The lowest BCUT2D eigenvalue weighted by molar-refractivity contribution is -0.141. The van der Waals surface area contributed by atoms with Gasteiger partial charge in [0.25, 0.3) is 0 Å². The van der Waals surface area contributed by atoms with Gasteiger partial charge >= 0.3 is 12.1 Å². The first-order valence-electron chi connectivity index (χ1n) is 9.44. The van der Waals surface area contributed by atoms with Crippen LogP contribution in [-0.2, 0) is 9.53 Å². The Kier molecular flexibility index (Phi) is 6.71. The summed E-state index contributed by atoms with van der Waals surface area (Å²) in [5.74, 6) is -1.82. The van der Waals surface area contributed by atoms with E-state index in [0.717, 1.165) is 22.3 Å². The number of alkyl carbamates (subject to hydrolysis) is 1. The lowest BCUT2D eigenvalue weighted by Crippen LogP contribution is -2.34. The highest BCUT2D eigenvalue weighted by atomic mass is 16.5. The summed E-state index contributed by atoms with van der Waals surface area (Å²) in [6, 6.07) is 16.1. The molecule has 0 saturated heterocycles.